The number of nitro benzene ring substituents is 1. The van der Waals surface area contributed by atoms with Gasteiger partial charge in [0.15, 0.2) is 0 Å². The van der Waals surface area contributed by atoms with Crippen LogP contribution in [0.5, 0.6) is 0 Å². The Morgan fingerprint density at radius 1 is 1.50 bits per heavy atom. The molecule has 1 heterocycles. The highest BCUT2D eigenvalue weighted by Crippen LogP contribution is 2.23. The van der Waals surface area contributed by atoms with Crippen LogP contribution in [0.2, 0.25) is 0 Å². The largest absolute Gasteiger partial charge is 0.384 e. The molecule has 5 nitrogen and oxygen atoms in total. The smallest absolute Gasteiger partial charge is 0.270 e. The number of nitro groups is 1. The average molecular weight is 375 g/mol. The van der Waals surface area contributed by atoms with Gasteiger partial charge in [0.25, 0.3) is 5.69 Å². The summed E-state index contributed by atoms with van der Waals surface area (Å²) >= 11 is 3.72. The topological polar surface area (TPSA) is 68.1 Å². The van der Waals surface area contributed by atoms with Gasteiger partial charge in [-0.15, -0.1) is 11.3 Å². The number of hydrogen-bond donors (Lipinski definition) is 1. The summed E-state index contributed by atoms with van der Waals surface area (Å²) in [5, 5.41) is 16.9. The fraction of sp³-hybridized carbons (Fsp3) is 0.182. The summed E-state index contributed by atoms with van der Waals surface area (Å²) in [6.45, 7) is 0.765. The van der Waals surface area contributed by atoms with Crippen LogP contribution in [-0.4, -0.2) is 16.5 Å². The van der Waals surface area contributed by atoms with Gasteiger partial charge in [-0.05, 0) is 28.7 Å². The van der Waals surface area contributed by atoms with E-state index in [4.69, 9.17) is 0 Å². The van der Waals surface area contributed by atoms with Gasteiger partial charge in [-0.1, -0.05) is 0 Å². The summed E-state index contributed by atoms with van der Waals surface area (Å²) in [6.07, 6.45) is 2.64. The van der Waals surface area contributed by atoms with Crippen molar-refractivity contribution in [2.45, 2.75) is 6.42 Å². The quantitative estimate of drug-likeness (QED) is 0.495. The highest BCUT2D eigenvalue weighted by Gasteiger charge is 2.08. The summed E-state index contributed by atoms with van der Waals surface area (Å²) in [4.78, 5) is 14.4. The molecule has 0 aliphatic heterocycles. The molecule has 0 spiro atoms. The molecule has 2 aromatic rings. The maximum absolute atomic E-state index is 10.6. The molecular weight excluding hydrogens is 365 g/mol. The van der Waals surface area contributed by atoms with Gasteiger partial charge in [0.05, 0.1) is 9.93 Å². The van der Waals surface area contributed by atoms with E-state index in [9.17, 15) is 10.1 Å². The average Bonchev–Trinajstić information content (AvgIpc) is 2.84. The maximum Gasteiger partial charge on any atom is 0.270 e. The molecule has 7 heteroatoms. The molecule has 0 radical (unpaired) electrons. The summed E-state index contributed by atoms with van der Waals surface area (Å²) in [5.74, 6) is 0. The Labute approximate surface area is 122 Å². The molecule has 1 N–H and O–H groups in total. The van der Waals surface area contributed by atoms with Gasteiger partial charge in [0.2, 0.25) is 0 Å². The first-order valence-electron chi connectivity index (χ1n) is 5.23. The van der Waals surface area contributed by atoms with E-state index in [1.165, 1.54) is 6.07 Å². The molecule has 94 valence electrons. The number of aromatic nitrogens is 1. The van der Waals surface area contributed by atoms with Gasteiger partial charge in [-0.25, -0.2) is 4.98 Å². The fourth-order valence-corrected chi connectivity index (χ4v) is 2.75. The molecule has 18 heavy (non-hydrogen) atoms. The maximum atomic E-state index is 10.6. The molecule has 0 aliphatic rings. The second-order valence-corrected chi connectivity index (χ2v) is 5.67. The molecule has 1 aromatic heterocycles. The first-order valence-corrected chi connectivity index (χ1v) is 7.19. The van der Waals surface area contributed by atoms with Crippen LogP contribution in [0.25, 0.3) is 0 Å². The van der Waals surface area contributed by atoms with E-state index in [0.717, 1.165) is 27.2 Å². The molecule has 0 amide bonds. The molecule has 0 aliphatic carbocycles. The fourth-order valence-electron chi connectivity index (χ4n) is 1.44. The van der Waals surface area contributed by atoms with E-state index >= 15 is 0 Å². The Morgan fingerprint density at radius 3 is 2.94 bits per heavy atom. The summed E-state index contributed by atoms with van der Waals surface area (Å²) in [5.41, 5.74) is 1.03. The molecule has 0 bridgehead atoms. The molecule has 0 saturated carbocycles. The minimum absolute atomic E-state index is 0.116. The third-order valence-electron chi connectivity index (χ3n) is 2.30. The van der Waals surface area contributed by atoms with Gasteiger partial charge in [-0.2, -0.15) is 0 Å². The Balaban J connectivity index is 1.95. The minimum atomic E-state index is -0.387. The third kappa shape index (κ3) is 3.39. The zero-order valence-corrected chi connectivity index (χ0v) is 12.3. The van der Waals surface area contributed by atoms with Crippen LogP contribution < -0.4 is 5.32 Å². The van der Waals surface area contributed by atoms with Crippen molar-refractivity contribution < 1.29 is 4.92 Å². The molecule has 0 unspecified atom stereocenters. The number of nitrogens with zero attached hydrogens (tertiary/aromatic N) is 2. The van der Waals surface area contributed by atoms with Gasteiger partial charge in [0.1, 0.15) is 0 Å². The van der Waals surface area contributed by atoms with Crippen LogP contribution in [0, 0.1) is 13.7 Å². The second-order valence-electron chi connectivity index (χ2n) is 3.52. The van der Waals surface area contributed by atoms with Crippen molar-refractivity contribution in [3.63, 3.8) is 0 Å². The lowest BCUT2D eigenvalue weighted by Gasteiger charge is -2.07. The van der Waals surface area contributed by atoms with E-state index in [2.05, 4.69) is 32.9 Å². The first-order chi connectivity index (χ1) is 8.66. The predicted molar refractivity (Wildman–Crippen MR) is 80.1 cm³/mol. The van der Waals surface area contributed by atoms with Gasteiger partial charge < -0.3 is 5.32 Å². The number of non-ortho nitro benzene ring substituents is 1. The monoisotopic (exact) mass is 375 g/mol. The van der Waals surface area contributed by atoms with Crippen LogP contribution >= 0.6 is 33.9 Å². The van der Waals surface area contributed by atoms with Crippen molar-refractivity contribution in [2.75, 3.05) is 11.9 Å². The Kier molecular flexibility index (Phi) is 4.48. The zero-order valence-electron chi connectivity index (χ0n) is 9.30. The van der Waals surface area contributed by atoms with Crippen molar-refractivity contribution in [1.29, 1.82) is 0 Å². The van der Waals surface area contributed by atoms with Crippen LogP contribution in [0.3, 0.4) is 0 Å². The molecule has 0 atom stereocenters. The highest BCUT2D eigenvalue weighted by atomic mass is 127. The number of halogens is 1. The summed E-state index contributed by atoms with van der Waals surface area (Å²) < 4.78 is 0.848. The molecular formula is C11H10IN3O2S. The Hall–Kier alpha value is -1.22. The number of hydrogen-bond acceptors (Lipinski definition) is 5. The normalized spacial score (nSPS) is 10.3. The summed E-state index contributed by atoms with van der Waals surface area (Å²) in [7, 11) is 0. The lowest BCUT2D eigenvalue weighted by atomic mass is 10.3. The van der Waals surface area contributed by atoms with E-state index in [1.807, 2.05) is 5.38 Å². The standard InChI is InChI=1S/C11H10IN3O2S/c12-9-7-8(15(16)17)1-2-10(9)13-4-3-11-14-5-6-18-11/h1-2,5-7,13H,3-4H2. The van der Waals surface area contributed by atoms with Gasteiger partial charge >= 0.3 is 0 Å². The number of rotatable bonds is 5. The number of nitrogens with one attached hydrogen (secondary N) is 1. The number of anilines is 1. The number of thiazole rings is 1. The van der Waals surface area contributed by atoms with Crippen molar-refractivity contribution in [1.82, 2.24) is 4.98 Å². The lowest BCUT2D eigenvalue weighted by Crippen LogP contribution is -2.06. The van der Waals surface area contributed by atoms with E-state index in [-0.39, 0.29) is 10.6 Å². The second kappa shape index (κ2) is 6.10. The number of benzene rings is 1. The molecule has 2 rings (SSSR count). The Bertz CT molecular complexity index is 545. The van der Waals surface area contributed by atoms with Crippen molar-refractivity contribution in [3.8, 4) is 0 Å². The zero-order chi connectivity index (χ0) is 13.0. The van der Waals surface area contributed by atoms with Gasteiger partial charge in [0, 0.05) is 45.9 Å². The van der Waals surface area contributed by atoms with Crippen molar-refractivity contribution in [2.24, 2.45) is 0 Å². The van der Waals surface area contributed by atoms with Crippen LogP contribution in [0.15, 0.2) is 29.8 Å². The molecule has 0 fully saturated rings. The predicted octanol–water partition coefficient (Wildman–Crippen LogP) is 3.31. The van der Waals surface area contributed by atoms with E-state index in [0.29, 0.717) is 0 Å². The van der Waals surface area contributed by atoms with E-state index in [1.54, 1.807) is 29.7 Å². The van der Waals surface area contributed by atoms with E-state index < -0.39 is 0 Å². The molecule has 1 aromatic carbocycles. The summed E-state index contributed by atoms with van der Waals surface area (Å²) in [6, 6.07) is 4.81. The minimum Gasteiger partial charge on any atom is -0.384 e. The SMILES string of the molecule is O=[N+]([O-])c1ccc(NCCc2nccs2)c(I)c1. The molecule has 0 saturated heterocycles. The van der Waals surface area contributed by atoms with Crippen molar-refractivity contribution in [3.05, 3.63) is 48.5 Å². The van der Waals surface area contributed by atoms with Crippen LogP contribution in [0.4, 0.5) is 11.4 Å². The Morgan fingerprint density at radius 2 is 2.33 bits per heavy atom. The van der Waals surface area contributed by atoms with Gasteiger partial charge in [-0.3, -0.25) is 10.1 Å². The third-order valence-corrected chi connectivity index (χ3v) is 4.03. The first kappa shape index (κ1) is 13.2. The highest BCUT2D eigenvalue weighted by molar-refractivity contribution is 14.1. The van der Waals surface area contributed by atoms with Crippen LogP contribution in [-0.2, 0) is 6.42 Å². The van der Waals surface area contributed by atoms with Crippen LogP contribution in [0.1, 0.15) is 5.01 Å². The van der Waals surface area contributed by atoms with Crippen molar-refractivity contribution >= 4 is 45.3 Å². The lowest BCUT2D eigenvalue weighted by molar-refractivity contribution is -0.384.